The van der Waals surface area contributed by atoms with Gasteiger partial charge in [-0.1, -0.05) is 31.4 Å². The molecule has 0 heterocycles. The van der Waals surface area contributed by atoms with Gasteiger partial charge in [0.15, 0.2) is 0 Å². The van der Waals surface area contributed by atoms with Crippen LogP contribution in [-0.2, 0) is 0 Å². The maximum atomic E-state index is 9.97. The largest absolute Gasteiger partial charge is 0.391 e. The molecule has 4 nitrogen and oxygen atoms in total. The van der Waals surface area contributed by atoms with Gasteiger partial charge in [-0.25, -0.2) is 0 Å². The van der Waals surface area contributed by atoms with Gasteiger partial charge in [0.2, 0.25) is 0 Å². The fourth-order valence-corrected chi connectivity index (χ4v) is 2.62. The summed E-state index contributed by atoms with van der Waals surface area (Å²) in [7, 11) is 3.79. The molecule has 23 heavy (non-hydrogen) atoms. The third-order valence-electron chi connectivity index (χ3n) is 3.70. The van der Waals surface area contributed by atoms with Crippen LogP contribution in [0, 0.1) is 18.3 Å². The number of anilines is 1. The number of nitrogens with zero attached hydrogens (tertiary/aromatic N) is 2. The molecule has 2 atom stereocenters. The number of allylic oxidation sites excluding steroid dienone is 2. The molecule has 1 aromatic rings. The second-order valence-corrected chi connectivity index (χ2v) is 5.71. The summed E-state index contributed by atoms with van der Waals surface area (Å²) in [6.07, 6.45) is 4.87. The second-order valence-electron chi connectivity index (χ2n) is 5.71. The molecule has 0 aliphatic carbocycles. The van der Waals surface area contributed by atoms with Gasteiger partial charge in [-0.15, -0.1) is 0 Å². The van der Waals surface area contributed by atoms with E-state index in [1.54, 1.807) is 19.1 Å². The summed E-state index contributed by atoms with van der Waals surface area (Å²) < 4.78 is 0. The summed E-state index contributed by atoms with van der Waals surface area (Å²) in [6, 6.07) is 5.61. The number of benzene rings is 1. The van der Waals surface area contributed by atoms with Crippen molar-refractivity contribution >= 4 is 11.8 Å². The number of hydrogen-bond donors (Lipinski definition) is 2. The number of aliphatic hydroxyl groups excluding tert-OH is 1. The highest BCUT2D eigenvalue weighted by molar-refractivity contribution is 5.74. The zero-order valence-corrected chi connectivity index (χ0v) is 14.3. The Balaban J connectivity index is 3.25. The van der Waals surface area contributed by atoms with E-state index in [1.807, 2.05) is 44.1 Å². The summed E-state index contributed by atoms with van der Waals surface area (Å²) in [6.45, 7) is 11.4. The molecule has 122 valence electrons. The minimum atomic E-state index is -0.559. The molecule has 2 N–H and O–H groups in total. The van der Waals surface area contributed by atoms with Crippen LogP contribution in [-0.4, -0.2) is 36.2 Å². The Bertz CT molecular complexity index is 643. The maximum absolute atomic E-state index is 9.97. The molecular weight excluding hydrogens is 286 g/mol. The van der Waals surface area contributed by atoms with Crippen LogP contribution in [0.25, 0.3) is 6.08 Å². The van der Waals surface area contributed by atoms with Gasteiger partial charge in [-0.05, 0) is 45.6 Å². The van der Waals surface area contributed by atoms with Crippen LogP contribution in [0.2, 0.25) is 0 Å². The lowest BCUT2D eigenvalue weighted by Crippen LogP contribution is -2.40. The Hall–Kier alpha value is -2.35. The smallest absolute Gasteiger partial charge is 0.0994 e. The average molecular weight is 311 g/mol. The van der Waals surface area contributed by atoms with E-state index < -0.39 is 6.10 Å². The summed E-state index contributed by atoms with van der Waals surface area (Å²) >= 11 is 0. The molecule has 0 aliphatic rings. The zero-order chi connectivity index (χ0) is 17.6. The Morgan fingerprint density at radius 1 is 1.43 bits per heavy atom. The summed E-state index contributed by atoms with van der Waals surface area (Å²) in [5.74, 6) is 0. The van der Waals surface area contributed by atoms with E-state index in [2.05, 4.69) is 24.5 Å². The monoisotopic (exact) mass is 311 g/mol. The Kier molecular flexibility index (Phi) is 6.77. The van der Waals surface area contributed by atoms with E-state index in [1.165, 1.54) is 0 Å². The molecule has 0 aromatic heterocycles. The zero-order valence-electron chi connectivity index (χ0n) is 14.3. The Labute approximate surface area is 139 Å². The van der Waals surface area contributed by atoms with Gasteiger partial charge in [-0.3, -0.25) is 4.90 Å². The Morgan fingerprint density at radius 3 is 2.57 bits per heavy atom. The predicted octanol–water partition coefficient (Wildman–Crippen LogP) is 3.30. The van der Waals surface area contributed by atoms with Gasteiger partial charge in [0, 0.05) is 16.9 Å². The van der Waals surface area contributed by atoms with E-state index in [9.17, 15) is 10.4 Å². The first-order valence-corrected chi connectivity index (χ1v) is 7.46. The molecule has 0 bridgehead atoms. The molecular formula is C19H25N3O. The number of rotatable bonds is 7. The SMILES string of the molecule is C=C/C=C\c1c(NC(=C)[C@H]([C@@H](C)O)N(C)C)ccc(C#N)c1C. The van der Waals surface area contributed by atoms with Crippen molar-refractivity contribution in [3.8, 4) is 6.07 Å². The molecule has 4 heteroatoms. The topological polar surface area (TPSA) is 59.3 Å². The van der Waals surface area contributed by atoms with Gasteiger partial charge < -0.3 is 10.4 Å². The molecule has 0 saturated carbocycles. The maximum Gasteiger partial charge on any atom is 0.0994 e. The normalized spacial score (nSPS) is 13.6. The average Bonchev–Trinajstić information content (AvgIpc) is 2.46. The van der Waals surface area contributed by atoms with Crippen LogP contribution < -0.4 is 5.32 Å². The number of hydrogen-bond acceptors (Lipinski definition) is 4. The van der Waals surface area contributed by atoms with Crippen molar-refractivity contribution in [2.24, 2.45) is 0 Å². The molecule has 0 radical (unpaired) electrons. The highest BCUT2D eigenvalue weighted by atomic mass is 16.3. The van der Waals surface area contributed by atoms with E-state index >= 15 is 0 Å². The van der Waals surface area contributed by atoms with Crippen LogP contribution >= 0.6 is 0 Å². The van der Waals surface area contributed by atoms with Crippen molar-refractivity contribution in [3.63, 3.8) is 0 Å². The van der Waals surface area contributed by atoms with Crippen LogP contribution in [0.1, 0.15) is 23.6 Å². The number of nitrogens with one attached hydrogen (secondary N) is 1. The number of likely N-dealkylation sites (N-methyl/N-ethyl adjacent to an activating group) is 1. The minimum Gasteiger partial charge on any atom is -0.391 e. The van der Waals surface area contributed by atoms with Gasteiger partial charge in [0.05, 0.1) is 23.8 Å². The van der Waals surface area contributed by atoms with Crippen LogP contribution in [0.3, 0.4) is 0 Å². The van der Waals surface area contributed by atoms with Crippen molar-refractivity contribution in [2.45, 2.75) is 26.0 Å². The fraction of sp³-hybridized carbons (Fsp3) is 0.316. The molecule has 0 fully saturated rings. The first-order valence-electron chi connectivity index (χ1n) is 7.46. The second kappa shape index (κ2) is 8.33. The quantitative estimate of drug-likeness (QED) is 0.759. The first-order chi connectivity index (χ1) is 10.8. The summed E-state index contributed by atoms with van der Waals surface area (Å²) in [4.78, 5) is 1.91. The lowest BCUT2D eigenvalue weighted by molar-refractivity contribution is 0.111. The fourth-order valence-electron chi connectivity index (χ4n) is 2.62. The van der Waals surface area contributed by atoms with Crippen molar-refractivity contribution < 1.29 is 5.11 Å². The summed E-state index contributed by atoms with van der Waals surface area (Å²) in [5.41, 5.74) is 3.97. The van der Waals surface area contributed by atoms with Crippen molar-refractivity contribution in [1.82, 2.24) is 4.90 Å². The summed E-state index contributed by atoms with van der Waals surface area (Å²) in [5, 5.41) is 22.5. The highest BCUT2D eigenvalue weighted by Crippen LogP contribution is 2.26. The van der Waals surface area contributed by atoms with Gasteiger partial charge in [0.25, 0.3) is 0 Å². The number of aliphatic hydroxyl groups is 1. The molecule has 0 amide bonds. The van der Waals surface area contributed by atoms with Crippen LogP contribution in [0.4, 0.5) is 5.69 Å². The van der Waals surface area contributed by atoms with E-state index in [-0.39, 0.29) is 6.04 Å². The van der Waals surface area contributed by atoms with Gasteiger partial charge in [-0.2, -0.15) is 5.26 Å². The standard InChI is InChI=1S/C19H25N3O/c1-7-8-9-17-13(2)16(12-20)10-11-18(17)21-14(3)19(15(4)23)22(5)6/h7-11,15,19,21,23H,1,3H2,2,4-6H3/b9-8-/t15-,19-/m1/s1. The number of nitriles is 1. The van der Waals surface area contributed by atoms with E-state index in [4.69, 9.17) is 0 Å². The molecule has 1 rings (SSSR count). The van der Waals surface area contributed by atoms with Crippen LogP contribution in [0.15, 0.2) is 43.1 Å². The molecule has 0 saturated heterocycles. The highest BCUT2D eigenvalue weighted by Gasteiger charge is 2.21. The van der Waals surface area contributed by atoms with Crippen molar-refractivity contribution in [1.29, 1.82) is 5.26 Å². The predicted molar refractivity (Wildman–Crippen MR) is 97.0 cm³/mol. The minimum absolute atomic E-state index is 0.220. The lowest BCUT2D eigenvalue weighted by atomic mass is 9.99. The van der Waals surface area contributed by atoms with E-state index in [0.717, 1.165) is 16.8 Å². The van der Waals surface area contributed by atoms with Gasteiger partial charge >= 0.3 is 0 Å². The third-order valence-corrected chi connectivity index (χ3v) is 3.70. The molecule has 1 aromatic carbocycles. The van der Waals surface area contributed by atoms with Gasteiger partial charge in [0.1, 0.15) is 0 Å². The molecule has 0 spiro atoms. The van der Waals surface area contributed by atoms with E-state index in [0.29, 0.717) is 11.3 Å². The van der Waals surface area contributed by atoms with Crippen molar-refractivity contribution in [3.05, 3.63) is 59.8 Å². The van der Waals surface area contributed by atoms with Crippen LogP contribution in [0.5, 0.6) is 0 Å². The Morgan fingerprint density at radius 2 is 2.09 bits per heavy atom. The lowest BCUT2D eigenvalue weighted by Gasteiger charge is -2.30. The third kappa shape index (κ3) is 4.56. The first kappa shape index (κ1) is 18.7. The molecule has 0 aliphatic heterocycles. The van der Waals surface area contributed by atoms with Crippen molar-refractivity contribution in [2.75, 3.05) is 19.4 Å². The molecule has 0 unspecified atom stereocenters.